The van der Waals surface area contributed by atoms with Crippen molar-refractivity contribution in [3.8, 4) is 11.1 Å². The average molecular weight is 382 g/mol. The van der Waals surface area contributed by atoms with Crippen LogP contribution in [0, 0.1) is 0 Å². The van der Waals surface area contributed by atoms with Gasteiger partial charge in [0.1, 0.15) is 6.04 Å². The molecule has 0 fully saturated rings. The van der Waals surface area contributed by atoms with Crippen LogP contribution < -0.4 is 5.32 Å². The van der Waals surface area contributed by atoms with Crippen LogP contribution in [0.15, 0.2) is 78.9 Å². The highest BCUT2D eigenvalue weighted by atomic mass is 16.5. The molecule has 144 valence electrons. The van der Waals surface area contributed by atoms with E-state index in [0.717, 1.165) is 16.8 Å². The number of carbonyl (C=O) groups is 1. The van der Waals surface area contributed by atoms with Gasteiger partial charge in [-0.3, -0.25) is 10.1 Å². The lowest BCUT2D eigenvalue weighted by Gasteiger charge is -2.30. The lowest BCUT2D eigenvalue weighted by atomic mass is 9.89. The zero-order valence-corrected chi connectivity index (χ0v) is 16.2. The van der Waals surface area contributed by atoms with Gasteiger partial charge in [-0.1, -0.05) is 72.8 Å². The number of benzene rings is 3. The first-order valence-corrected chi connectivity index (χ1v) is 9.83. The van der Waals surface area contributed by atoms with Crippen molar-refractivity contribution < 1.29 is 9.53 Å². The number of ether oxygens (including phenoxy) is 1. The number of hydrogen-bond acceptors (Lipinski definition) is 3. The highest BCUT2D eigenvalue weighted by Crippen LogP contribution is 2.36. The number of nitrogens with one attached hydrogen (secondary N) is 2. The Bertz CT molecular complexity index is 1160. The molecule has 2 heterocycles. The Kier molecular flexibility index (Phi) is 4.41. The number of H-pyrrole nitrogens is 1. The molecule has 1 aliphatic rings. The minimum absolute atomic E-state index is 0.0972. The number of methoxy groups -OCH3 is 1. The van der Waals surface area contributed by atoms with E-state index >= 15 is 0 Å². The first-order chi connectivity index (χ1) is 14.2. The Balaban J connectivity index is 1.57. The quantitative estimate of drug-likeness (QED) is 0.509. The lowest BCUT2D eigenvalue weighted by molar-refractivity contribution is -0.143. The van der Waals surface area contributed by atoms with Crippen molar-refractivity contribution in [2.75, 3.05) is 7.11 Å². The van der Waals surface area contributed by atoms with E-state index < -0.39 is 0 Å². The Labute approximate surface area is 169 Å². The van der Waals surface area contributed by atoms with Crippen LogP contribution in [-0.4, -0.2) is 24.1 Å². The number of para-hydroxylation sites is 1. The fourth-order valence-electron chi connectivity index (χ4n) is 4.29. The molecule has 2 atom stereocenters. The fourth-order valence-corrected chi connectivity index (χ4v) is 4.29. The van der Waals surface area contributed by atoms with E-state index in [1.807, 2.05) is 30.3 Å². The number of aromatic nitrogens is 1. The molecule has 2 N–H and O–H groups in total. The smallest absolute Gasteiger partial charge is 0.323 e. The summed E-state index contributed by atoms with van der Waals surface area (Å²) in [7, 11) is 1.44. The summed E-state index contributed by atoms with van der Waals surface area (Å²) < 4.78 is 5.04. The zero-order valence-electron chi connectivity index (χ0n) is 16.2. The number of hydrogen-bond donors (Lipinski definition) is 2. The molecule has 4 nitrogen and oxygen atoms in total. The van der Waals surface area contributed by atoms with Gasteiger partial charge in [0.15, 0.2) is 0 Å². The van der Waals surface area contributed by atoms with E-state index in [9.17, 15) is 4.79 Å². The largest absolute Gasteiger partial charge is 0.468 e. The van der Waals surface area contributed by atoms with Crippen molar-refractivity contribution >= 4 is 16.9 Å². The van der Waals surface area contributed by atoms with Gasteiger partial charge in [-0.15, -0.1) is 0 Å². The van der Waals surface area contributed by atoms with E-state index in [1.54, 1.807) is 0 Å². The Morgan fingerprint density at radius 1 is 0.897 bits per heavy atom. The molecule has 0 radical (unpaired) electrons. The molecule has 0 bridgehead atoms. The van der Waals surface area contributed by atoms with E-state index in [1.165, 1.54) is 29.2 Å². The van der Waals surface area contributed by atoms with Crippen LogP contribution in [-0.2, 0) is 16.0 Å². The molecule has 29 heavy (non-hydrogen) atoms. The second kappa shape index (κ2) is 7.22. The molecule has 1 aromatic heterocycles. The van der Waals surface area contributed by atoms with Crippen LogP contribution in [0.5, 0.6) is 0 Å². The van der Waals surface area contributed by atoms with E-state index in [2.05, 4.69) is 58.8 Å². The molecular weight excluding hydrogens is 360 g/mol. The van der Waals surface area contributed by atoms with Gasteiger partial charge in [-0.2, -0.15) is 0 Å². The van der Waals surface area contributed by atoms with Crippen molar-refractivity contribution in [2.24, 2.45) is 0 Å². The summed E-state index contributed by atoms with van der Waals surface area (Å²) in [5.74, 6) is -0.230. The fraction of sp³-hybridized carbons (Fsp3) is 0.160. The van der Waals surface area contributed by atoms with Crippen LogP contribution in [0.4, 0.5) is 0 Å². The molecule has 3 aromatic carbocycles. The highest BCUT2D eigenvalue weighted by Gasteiger charge is 2.34. The van der Waals surface area contributed by atoms with Gasteiger partial charge in [-0.25, -0.2) is 0 Å². The molecule has 0 saturated carbocycles. The molecule has 2 unspecified atom stereocenters. The number of aromatic amines is 1. The standard InChI is InChI=1S/C25H22N2O2/c1-29-25(28)22-15-20-19-9-5-6-10-21(19)26-24(20)23(27-22)18-13-11-17(12-14-18)16-7-3-2-4-8-16/h2-14,22-23,26-27H,15H2,1H3. The van der Waals surface area contributed by atoms with Crippen LogP contribution in [0.3, 0.4) is 0 Å². The SMILES string of the molecule is COC(=O)C1Cc2c([nH]c3ccccc23)C(c2ccc(-c3ccccc3)cc2)N1. The third-order valence-electron chi connectivity index (χ3n) is 5.75. The van der Waals surface area contributed by atoms with Crippen LogP contribution in [0.25, 0.3) is 22.0 Å². The predicted octanol–water partition coefficient (Wildman–Crippen LogP) is 4.61. The summed E-state index contributed by atoms with van der Waals surface area (Å²) in [6.07, 6.45) is 0.616. The number of esters is 1. The summed E-state index contributed by atoms with van der Waals surface area (Å²) in [5.41, 5.74) is 6.88. The van der Waals surface area contributed by atoms with Gasteiger partial charge in [-0.05, 0) is 28.3 Å². The van der Waals surface area contributed by atoms with Gasteiger partial charge < -0.3 is 9.72 Å². The summed E-state index contributed by atoms with van der Waals surface area (Å²) in [6, 6.07) is 26.7. The molecule has 0 saturated heterocycles. The molecule has 4 aromatic rings. The second-order valence-corrected chi connectivity index (χ2v) is 7.43. The van der Waals surface area contributed by atoms with Crippen molar-refractivity contribution in [3.63, 3.8) is 0 Å². The summed E-state index contributed by atoms with van der Waals surface area (Å²) in [5, 5.41) is 4.66. The normalized spacial score (nSPS) is 18.4. The predicted molar refractivity (Wildman–Crippen MR) is 115 cm³/mol. The van der Waals surface area contributed by atoms with E-state index in [4.69, 9.17) is 4.74 Å². The third-order valence-corrected chi connectivity index (χ3v) is 5.75. The summed E-state index contributed by atoms with van der Waals surface area (Å²) in [6.45, 7) is 0. The minimum Gasteiger partial charge on any atom is -0.468 e. The number of carbonyl (C=O) groups excluding carboxylic acids is 1. The first kappa shape index (κ1) is 17.7. The maximum atomic E-state index is 12.4. The summed E-state index contributed by atoms with van der Waals surface area (Å²) in [4.78, 5) is 15.9. The van der Waals surface area contributed by atoms with E-state index in [0.29, 0.717) is 6.42 Å². The maximum absolute atomic E-state index is 12.4. The van der Waals surface area contributed by atoms with Gasteiger partial charge in [0.2, 0.25) is 0 Å². The Morgan fingerprint density at radius 3 is 2.34 bits per heavy atom. The molecule has 5 rings (SSSR count). The van der Waals surface area contributed by atoms with Crippen molar-refractivity contribution in [2.45, 2.75) is 18.5 Å². The molecule has 0 aliphatic carbocycles. The van der Waals surface area contributed by atoms with Crippen LogP contribution in [0.2, 0.25) is 0 Å². The summed E-state index contributed by atoms with van der Waals surface area (Å²) >= 11 is 0. The van der Waals surface area contributed by atoms with Crippen molar-refractivity contribution in [1.29, 1.82) is 0 Å². The van der Waals surface area contributed by atoms with Crippen molar-refractivity contribution in [1.82, 2.24) is 10.3 Å². The molecular formula is C25H22N2O2. The van der Waals surface area contributed by atoms with E-state index in [-0.39, 0.29) is 18.1 Å². The van der Waals surface area contributed by atoms with Crippen molar-refractivity contribution in [3.05, 3.63) is 95.7 Å². The molecule has 0 amide bonds. The lowest BCUT2D eigenvalue weighted by Crippen LogP contribution is -2.45. The number of fused-ring (bicyclic) bond motifs is 3. The third kappa shape index (κ3) is 3.12. The van der Waals surface area contributed by atoms with Crippen LogP contribution >= 0.6 is 0 Å². The zero-order chi connectivity index (χ0) is 19.8. The second-order valence-electron chi connectivity index (χ2n) is 7.43. The maximum Gasteiger partial charge on any atom is 0.323 e. The minimum atomic E-state index is -0.370. The average Bonchev–Trinajstić information content (AvgIpc) is 3.17. The molecule has 4 heteroatoms. The highest BCUT2D eigenvalue weighted by molar-refractivity contribution is 5.87. The Morgan fingerprint density at radius 2 is 1.59 bits per heavy atom. The topological polar surface area (TPSA) is 54.1 Å². The van der Waals surface area contributed by atoms with Gasteiger partial charge in [0, 0.05) is 23.0 Å². The monoisotopic (exact) mass is 382 g/mol. The first-order valence-electron chi connectivity index (χ1n) is 9.83. The molecule has 1 aliphatic heterocycles. The Hall–Kier alpha value is -3.37. The van der Waals surface area contributed by atoms with Gasteiger partial charge in [0.25, 0.3) is 0 Å². The van der Waals surface area contributed by atoms with Gasteiger partial charge in [0.05, 0.1) is 13.2 Å². The van der Waals surface area contributed by atoms with Gasteiger partial charge >= 0.3 is 5.97 Å². The molecule has 0 spiro atoms. The number of rotatable bonds is 3. The van der Waals surface area contributed by atoms with Crippen LogP contribution in [0.1, 0.15) is 22.9 Å².